The molecule has 1 unspecified atom stereocenters. The van der Waals surface area contributed by atoms with Crippen LogP contribution in [0.25, 0.3) is 0 Å². The molecule has 0 bridgehead atoms. The number of benzene rings is 2. The van der Waals surface area contributed by atoms with Gasteiger partial charge in [0.05, 0.1) is 12.5 Å². The van der Waals surface area contributed by atoms with Crippen LogP contribution in [0.5, 0.6) is 0 Å². The molecular formula is C35H44Br2N6O5. The third-order valence-electron chi connectivity index (χ3n) is 10.4. The first-order valence-corrected chi connectivity index (χ1v) is 18.6. The van der Waals surface area contributed by atoms with E-state index < -0.39 is 11.9 Å². The monoisotopic (exact) mass is 786 g/mol. The molecule has 48 heavy (non-hydrogen) atoms. The molecule has 2 aromatic rings. The Morgan fingerprint density at radius 2 is 1.52 bits per heavy atom. The topological polar surface area (TPSA) is 117 Å². The van der Waals surface area contributed by atoms with Gasteiger partial charge in [0.15, 0.2) is 0 Å². The number of piperidine rings is 2. The first-order valence-electron chi connectivity index (χ1n) is 17.0. The van der Waals surface area contributed by atoms with Gasteiger partial charge in [-0.15, -0.1) is 0 Å². The van der Waals surface area contributed by atoms with Gasteiger partial charge in [0.1, 0.15) is 0 Å². The molecular weight excluding hydrogens is 744 g/mol. The average molecular weight is 789 g/mol. The highest BCUT2D eigenvalue weighted by Crippen LogP contribution is 2.30. The summed E-state index contributed by atoms with van der Waals surface area (Å²) in [5, 5.41) is 12.1. The van der Waals surface area contributed by atoms with Gasteiger partial charge in [-0.25, -0.2) is 4.79 Å². The number of amides is 4. The van der Waals surface area contributed by atoms with E-state index in [-0.39, 0.29) is 36.9 Å². The molecule has 6 rings (SSSR count). The van der Waals surface area contributed by atoms with Crippen molar-refractivity contribution >= 4 is 61.4 Å². The maximum atomic E-state index is 14.1. The lowest BCUT2D eigenvalue weighted by Crippen LogP contribution is -2.55. The Kier molecular flexibility index (Phi) is 11.4. The zero-order valence-electron chi connectivity index (χ0n) is 27.2. The Morgan fingerprint density at radius 3 is 2.21 bits per heavy atom. The summed E-state index contributed by atoms with van der Waals surface area (Å²) in [6, 6.07) is 14.2. The van der Waals surface area contributed by atoms with Gasteiger partial charge in [0.2, 0.25) is 11.8 Å². The second-order valence-corrected chi connectivity index (χ2v) is 15.2. The fraction of sp³-hybridized carbons (Fsp3) is 0.543. The number of carboxylic acids is 1. The van der Waals surface area contributed by atoms with Crippen molar-refractivity contribution in [2.24, 2.45) is 5.92 Å². The SMILES string of the molecule is O=C(O)CN1CCC(N2CCN(C(=O)C(CC(=O)N3CCC(N4Cc5ccccc5NC4=O)CC3)Cc3ccc(Br)c(Br)c3)CC2)CC1. The number of hydrogen-bond acceptors (Lipinski definition) is 6. The summed E-state index contributed by atoms with van der Waals surface area (Å²) < 4.78 is 1.84. The van der Waals surface area contributed by atoms with Crippen molar-refractivity contribution in [3.05, 3.63) is 62.5 Å². The number of urea groups is 1. The van der Waals surface area contributed by atoms with Crippen molar-refractivity contribution in [1.82, 2.24) is 24.5 Å². The predicted molar refractivity (Wildman–Crippen MR) is 190 cm³/mol. The molecule has 0 radical (unpaired) electrons. The van der Waals surface area contributed by atoms with Crippen LogP contribution < -0.4 is 5.32 Å². The van der Waals surface area contributed by atoms with Crippen molar-refractivity contribution in [2.45, 2.75) is 57.2 Å². The number of para-hydroxylation sites is 1. The molecule has 0 aromatic heterocycles. The molecule has 0 aliphatic carbocycles. The van der Waals surface area contributed by atoms with Gasteiger partial charge in [-0.3, -0.25) is 24.2 Å². The summed E-state index contributed by atoms with van der Waals surface area (Å²) in [6.45, 7) is 6.13. The van der Waals surface area contributed by atoms with Crippen molar-refractivity contribution in [2.75, 3.05) is 64.2 Å². The van der Waals surface area contributed by atoms with E-state index in [4.69, 9.17) is 5.11 Å². The maximum Gasteiger partial charge on any atom is 0.322 e. The van der Waals surface area contributed by atoms with Crippen molar-refractivity contribution in [1.29, 1.82) is 0 Å². The third-order valence-corrected chi connectivity index (χ3v) is 12.3. The van der Waals surface area contributed by atoms with E-state index in [1.54, 1.807) is 0 Å². The third kappa shape index (κ3) is 8.40. The highest BCUT2D eigenvalue weighted by atomic mass is 79.9. The van der Waals surface area contributed by atoms with E-state index in [1.807, 2.05) is 62.1 Å². The molecule has 4 heterocycles. The van der Waals surface area contributed by atoms with Crippen molar-refractivity contribution in [3.63, 3.8) is 0 Å². The lowest BCUT2D eigenvalue weighted by Gasteiger charge is -2.43. The summed E-state index contributed by atoms with van der Waals surface area (Å²) in [5.74, 6) is -1.25. The highest BCUT2D eigenvalue weighted by molar-refractivity contribution is 9.13. The van der Waals surface area contributed by atoms with Gasteiger partial charge in [-0.1, -0.05) is 24.3 Å². The smallest absolute Gasteiger partial charge is 0.322 e. The molecule has 11 nitrogen and oxygen atoms in total. The predicted octanol–water partition coefficient (Wildman–Crippen LogP) is 4.49. The maximum absolute atomic E-state index is 14.1. The van der Waals surface area contributed by atoms with E-state index in [0.29, 0.717) is 58.0 Å². The Morgan fingerprint density at radius 1 is 0.833 bits per heavy atom. The molecule has 258 valence electrons. The van der Waals surface area contributed by atoms with Crippen molar-refractivity contribution < 1.29 is 24.3 Å². The van der Waals surface area contributed by atoms with E-state index >= 15 is 0 Å². The number of carboxylic acid groups (broad SMARTS) is 1. The van der Waals surface area contributed by atoms with Crippen LogP contribution in [-0.4, -0.2) is 124 Å². The molecule has 4 amide bonds. The van der Waals surface area contributed by atoms with E-state index in [1.165, 1.54) is 0 Å². The minimum Gasteiger partial charge on any atom is -0.480 e. The first-order chi connectivity index (χ1) is 23.1. The van der Waals surface area contributed by atoms with E-state index in [9.17, 15) is 19.2 Å². The fourth-order valence-electron chi connectivity index (χ4n) is 7.68. The van der Waals surface area contributed by atoms with Crippen molar-refractivity contribution in [3.8, 4) is 0 Å². The molecule has 0 spiro atoms. The molecule has 4 aliphatic rings. The average Bonchev–Trinajstić information content (AvgIpc) is 3.09. The summed E-state index contributed by atoms with van der Waals surface area (Å²) >= 11 is 7.12. The number of carbonyl (C=O) groups is 4. The van der Waals surface area contributed by atoms with E-state index in [2.05, 4.69) is 42.1 Å². The largest absolute Gasteiger partial charge is 0.480 e. The lowest BCUT2D eigenvalue weighted by atomic mass is 9.92. The van der Waals surface area contributed by atoms with Gasteiger partial charge < -0.3 is 25.1 Å². The molecule has 13 heteroatoms. The Bertz CT molecular complexity index is 1500. The van der Waals surface area contributed by atoms with Crippen LogP contribution in [0.2, 0.25) is 0 Å². The standard InChI is InChI=1S/C35H44Br2N6O5/c36-29-6-5-24(20-30(29)37)19-26(34(47)42-17-15-40(16-18-42)27-7-11-39(12-8-27)23-33(45)46)21-32(44)41-13-9-28(10-14-41)43-22-25-3-1-2-4-31(25)38-35(43)48/h1-6,20,26-28H,7-19,21-23H2,(H,38,48)(H,45,46). The second-order valence-electron chi connectivity index (χ2n) is 13.4. The van der Waals surface area contributed by atoms with Crippen LogP contribution in [0.4, 0.5) is 10.5 Å². The van der Waals surface area contributed by atoms with Crippen LogP contribution in [0.1, 0.15) is 43.2 Å². The van der Waals surface area contributed by atoms with Crippen LogP contribution in [0.3, 0.4) is 0 Å². The number of hydrogen-bond donors (Lipinski definition) is 2. The minimum atomic E-state index is -0.786. The Balaban J connectivity index is 1.05. The molecule has 2 aromatic carbocycles. The number of carbonyl (C=O) groups excluding carboxylic acids is 3. The van der Waals surface area contributed by atoms with Crippen LogP contribution >= 0.6 is 31.9 Å². The summed E-state index contributed by atoms with van der Waals surface area (Å²) in [6.07, 6.45) is 3.90. The summed E-state index contributed by atoms with van der Waals surface area (Å²) in [7, 11) is 0. The molecule has 1 atom stereocenters. The molecule has 3 saturated heterocycles. The number of likely N-dealkylation sites (tertiary alicyclic amines) is 2. The van der Waals surface area contributed by atoms with Gasteiger partial charge >= 0.3 is 12.0 Å². The molecule has 2 N–H and O–H groups in total. The first kappa shape index (κ1) is 34.8. The molecule has 4 aliphatic heterocycles. The van der Waals surface area contributed by atoms with E-state index in [0.717, 1.165) is 64.8 Å². The highest BCUT2D eigenvalue weighted by Gasteiger charge is 2.36. The number of rotatable bonds is 9. The number of piperazine rings is 1. The quantitative estimate of drug-likeness (QED) is 0.385. The van der Waals surface area contributed by atoms with Crippen LogP contribution in [0.15, 0.2) is 51.4 Å². The lowest BCUT2D eigenvalue weighted by molar-refractivity contribution is -0.143. The Hall–Kier alpha value is -3.00. The zero-order chi connectivity index (χ0) is 33.8. The molecule has 0 saturated carbocycles. The number of anilines is 1. The zero-order valence-corrected chi connectivity index (χ0v) is 30.3. The minimum absolute atomic E-state index is 0.0109. The fourth-order valence-corrected chi connectivity index (χ4v) is 8.35. The normalized spacial score (nSPS) is 20.7. The van der Waals surface area contributed by atoms with Gasteiger partial charge in [0.25, 0.3) is 0 Å². The Labute approximate surface area is 298 Å². The number of nitrogens with one attached hydrogen (secondary N) is 1. The van der Waals surface area contributed by atoms with Gasteiger partial charge in [0, 0.05) is 92.0 Å². The van der Waals surface area contributed by atoms with Crippen LogP contribution in [0, 0.1) is 5.92 Å². The summed E-state index contributed by atoms with van der Waals surface area (Å²) in [5.41, 5.74) is 2.95. The number of halogens is 2. The van der Waals surface area contributed by atoms with Gasteiger partial charge in [-0.05, 0) is 93.3 Å². The second kappa shape index (κ2) is 15.7. The number of aliphatic carboxylic acids is 1. The number of nitrogens with zero attached hydrogens (tertiary/aromatic N) is 5. The molecule has 3 fully saturated rings. The van der Waals surface area contributed by atoms with Gasteiger partial charge in [-0.2, -0.15) is 0 Å². The number of fused-ring (bicyclic) bond motifs is 1. The van der Waals surface area contributed by atoms with Crippen LogP contribution in [-0.2, 0) is 27.3 Å². The summed E-state index contributed by atoms with van der Waals surface area (Å²) in [4.78, 5) is 62.0.